The van der Waals surface area contributed by atoms with E-state index in [9.17, 15) is 0 Å². The summed E-state index contributed by atoms with van der Waals surface area (Å²) >= 11 is 0. The number of benzene rings is 8. The molecule has 6 aromatic heterocycles. The monoisotopic (exact) mass is 1430 g/mol. The quantitative estimate of drug-likeness (QED) is 0.0865. The molecule has 0 amide bonds. The average Bonchev–Trinajstić information content (AvgIpc) is 1.56. The number of fused-ring (bicyclic) bond motifs is 1. The Bertz CT molecular complexity index is 5530. The molecular formula is C99H115N9+6. The summed E-state index contributed by atoms with van der Waals surface area (Å²) in [6.07, 6.45) is 15.3. The van der Waals surface area contributed by atoms with E-state index in [0.717, 1.165) is 0 Å². The summed E-state index contributed by atoms with van der Waals surface area (Å²) in [5.74, 6) is 6.18. The molecule has 0 N–H and O–H groups in total. The van der Waals surface area contributed by atoms with Crippen molar-refractivity contribution in [3.05, 3.63) is 305 Å². The third kappa shape index (κ3) is 15.0. The van der Waals surface area contributed by atoms with Crippen LogP contribution in [0.25, 0.3) is 107 Å². The maximum atomic E-state index is 2.53. The molecule has 0 aliphatic carbocycles. The van der Waals surface area contributed by atoms with E-state index in [-0.39, 0.29) is 0 Å². The van der Waals surface area contributed by atoms with Gasteiger partial charge in [-0.15, -0.1) is 0 Å². The second kappa shape index (κ2) is 32.3. The Morgan fingerprint density at radius 3 is 0.981 bits per heavy atom. The number of pyridine rings is 3. The second-order valence-electron chi connectivity index (χ2n) is 31.8. The molecule has 0 atom stereocenters. The van der Waals surface area contributed by atoms with Crippen molar-refractivity contribution in [3.8, 4) is 96.1 Å². The lowest BCUT2D eigenvalue weighted by molar-refractivity contribution is -0.660. The Balaban J connectivity index is 0.000000152. The zero-order chi connectivity index (χ0) is 77.3. The van der Waals surface area contributed by atoms with Gasteiger partial charge in [-0.25, -0.2) is 27.4 Å². The molecule has 0 spiro atoms. The van der Waals surface area contributed by atoms with Crippen molar-refractivity contribution in [1.29, 1.82) is 0 Å². The highest BCUT2D eigenvalue weighted by Gasteiger charge is 2.35. The first-order valence-corrected chi connectivity index (χ1v) is 39.0. The minimum Gasteiger partial charge on any atom is -0.232 e. The average molecular weight is 1430 g/mol. The first-order valence-electron chi connectivity index (χ1n) is 39.0. The van der Waals surface area contributed by atoms with Crippen molar-refractivity contribution in [2.45, 2.75) is 153 Å². The van der Waals surface area contributed by atoms with Crippen LogP contribution in [0.2, 0.25) is 0 Å². The van der Waals surface area contributed by atoms with Gasteiger partial charge in [-0.3, -0.25) is 0 Å². The molecule has 0 aliphatic rings. The molecule has 0 radical (unpaired) electrons. The summed E-state index contributed by atoms with van der Waals surface area (Å²) in [4.78, 5) is 0. The third-order valence-corrected chi connectivity index (χ3v) is 22.2. The predicted octanol–water partition coefficient (Wildman–Crippen LogP) is 21.5. The van der Waals surface area contributed by atoms with E-state index in [0.29, 0.717) is 35.5 Å². The molecule has 14 rings (SSSR count). The fourth-order valence-electron chi connectivity index (χ4n) is 16.1. The van der Waals surface area contributed by atoms with Gasteiger partial charge in [-0.1, -0.05) is 198 Å². The number of hydrogen-bond donors (Lipinski definition) is 0. The first kappa shape index (κ1) is 76.7. The van der Waals surface area contributed by atoms with E-state index in [2.05, 4.69) is 445 Å². The zero-order valence-corrected chi connectivity index (χ0v) is 68.6. The fraction of sp³-hybridized carbons (Fsp3) is 0.293. The van der Waals surface area contributed by atoms with E-state index in [1.165, 1.54) is 168 Å². The lowest BCUT2D eigenvalue weighted by atomic mass is 9.92. The van der Waals surface area contributed by atoms with Crippen LogP contribution in [0.15, 0.2) is 244 Å². The van der Waals surface area contributed by atoms with Gasteiger partial charge < -0.3 is 0 Å². The van der Waals surface area contributed by atoms with Crippen LogP contribution in [-0.4, -0.2) is 13.7 Å². The van der Waals surface area contributed by atoms with Crippen LogP contribution >= 0.6 is 0 Å². The molecule has 0 saturated carbocycles. The Morgan fingerprint density at radius 1 is 0.269 bits per heavy atom. The van der Waals surface area contributed by atoms with Gasteiger partial charge in [-0.2, -0.15) is 13.7 Å². The fourth-order valence-corrected chi connectivity index (χ4v) is 16.1. The standard InChI is InChI=1S/C35H39N3.C34H39N3.C30H37N3/c1-24(2)29-15-11-16-30(25(3)4)34(29)38-22-21-37(7)35(38)32-18-12-17-31(26(32)5)33-23-28(19-20-36(33)6)27-13-9-8-10-14-27;1-22(2)26-13-11-14-27(23(3)4)33(26)37-31-18-10-9-17-30(31)36(8)34(37)29-16-12-15-28(25(29)6)32-21-24(5)19-20-35(32)7;1-20(2)24-11-9-12-25(21(3)4)29(24)33-18-17-32(8)30(33)27-14-10-13-26(23(27)6)28-19-22(5)15-16-31(28)7/h8-25H,1-7H3;9-23H,1-8H3;9-21H,1-8H3/q3*+2. The molecule has 8 aromatic carbocycles. The Morgan fingerprint density at radius 2 is 0.593 bits per heavy atom. The maximum absolute atomic E-state index is 2.53. The van der Waals surface area contributed by atoms with Gasteiger partial charge in [0.1, 0.15) is 63.0 Å². The van der Waals surface area contributed by atoms with Crippen LogP contribution in [0, 0.1) is 34.6 Å². The van der Waals surface area contributed by atoms with Crippen LogP contribution in [0.3, 0.4) is 0 Å². The third-order valence-electron chi connectivity index (χ3n) is 22.2. The summed E-state index contributed by atoms with van der Waals surface area (Å²) in [5.41, 5.74) is 34.8. The van der Waals surface area contributed by atoms with Gasteiger partial charge in [0.15, 0.2) is 29.6 Å². The van der Waals surface area contributed by atoms with Crippen molar-refractivity contribution in [3.63, 3.8) is 0 Å². The molecule has 0 fully saturated rings. The second-order valence-corrected chi connectivity index (χ2v) is 31.8. The van der Waals surface area contributed by atoms with E-state index in [1.807, 2.05) is 0 Å². The summed E-state index contributed by atoms with van der Waals surface area (Å²) in [6, 6.07) is 73.3. The zero-order valence-electron chi connectivity index (χ0n) is 68.6. The number of aromatic nitrogens is 9. The summed E-state index contributed by atoms with van der Waals surface area (Å²) in [5, 5.41) is 0. The van der Waals surface area contributed by atoms with Crippen LogP contribution < -0.4 is 27.4 Å². The summed E-state index contributed by atoms with van der Waals surface area (Å²) in [6.45, 7) is 38.6. The van der Waals surface area contributed by atoms with E-state index in [1.54, 1.807) is 0 Å². The smallest absolute Gasteiger partial charge is 0.232 e. The Labute approximate surface area is 644 Å². The minimum absolute atomic E-state index is 0.409. The highest BCUT2D eigenvalue weighted by atomic mass is 15.2. The number of imidazole rings is 3. The predicted molar refractivity (Wildman–Crippen MR) is 448 cm³/mol. The molecule has 0 saturated heterocycles. The number of rotatable bonds is 16. The van der Waals surface area contributed by atoms with Gasteiger partial charge in [0.2, 0.25) is 17.1 Å². The molecule has 9 heteroatoms. The Kier molecular flexibility index (Phi) is 22.9. The number of aryl methyl sites for hydroxylation is 8. The summed E-state index contributed by atoms with van der Waals surface area (Å²) < 4.78 is 20.9. The van der Waals surface area contributed by atoms with Crippen molar-refractivity contribution in [2.24, 2.45) is 42.3 Å². The Hall–Kier alpha value is -10.9. The number of hydrogen-bond acceptors (Lipinski definition) is 0. The molecule has 108 heavy (non-hydrogen) atoms. The van der Waals surface area contributed by atoms with Gasteiger partial charge in [-0.05, 0) is 158 Å². The van der Waals surface area contributed by atoms with Crippen molar-refractivity contribution < 1.29 is 27.4 Å². The van der Waals surface area contributed by atoms with E-state index >= 15 is 0 Å². The van der Waals surface area contributed by atoms with Gasteiger partial charge in [0.05, 0.1) is 37.8 Å². The molecule has 6 heterocycles. The van der Waals surface area contributed by atoms with Gasteiger partial charge in [0, 0.05) is 86.5 Å². The normalized spacial score (nSPS) is 11.6. The van der Waals surface area contributed by atoms with Crippen LogP contribution in [-0.2, 0) is 42.3 Å². The number of nitrogens with zero attached hydrogens (tertiary/aromatic N) is 9. The molecule has 14 aromatic rings. The largest absolute Gasteiger partial charge is 0.295 e. The molecule has 550 valence electrons. The maximum Gasteiger partial charge on any atom is 0.295 e. The molecule has 0 unspecified atom stereocenters. The van der Waals surface area contributed by atoms with Crippen molar-refractivity contribution in [2.75, 3.05) is 0 Å². The van der Waals surface area contributed by atoms with Crippen molar-refractivity contribution in [1.82, 2.24) is 13.7 Å². The highest BCUT2D eigenvalue weighted by molar-refractivity contribution is 5.83. The molecule has 0 bridgehead atoms. The molecular weight excluding hydrogens is 1320 g/mol. The SMILES string of the molecule is Cc1c(-c2cc(-c3ccccc3)cc[n+]2C)cccc1-c1n(-c2c(C(C)C)cccc2C(C)C)cc[n+]1C.Cc1cc[n+](C)c(-c2cccc(-c3n(-c4c(C(C)C)cccc4C(C)C)c4ccccc4[n+]3C)c2C)c1.Cc1cc[n+](C)c(-c2cccc(-c3n(-c4c(C(C)C)cccc4C(C)C)cc[n+]3C)c2C)c1. The molecule has 9 nitrogen and oxygen atoms in total. The van der Waals surface area contributed by atoms with Gasteiger partial charge >= 0.3 is 0 Å². The first-order chi connectivity index (χ1) is 51.7. The van der Waals surface area contributed by atoms with Crippen LogP contribution in [0.4, 0.5) is 0 Å². The number of para-hydroxylation sites is 5. The highest BCUT2D eigenvalue weighted by Crippen LogP contribution is 2.42. The minimum atomic E-state index is 0.409. The lowest BCUT2D eigenvalue weighted by Crippen LogP contribution is -2.32. The van der Waals surface area contributed by atoms with E-state index < -0.39 is 0 Å². The van der Waals surface area contributed by atoms with Crippen LogP contribution in [0.1, 0.15) is 180 Å². The molecule has 0 aliphatic heterocycles. The summed E-state index contributed by atoms with van der Waals surface area (Å²) in [7, 11) is 12.9. The van der Waals surface area contributed by atoms with E-state index in [4.69, 9.17) is 0 Å². The van der Waals surface area contributed by atoms with Gasteiger partial charge in [0.25, 0.3) is 17.5 Å². The van der Waals surface area contributed by atoms with Crippen molar-refractivity contribution >= 4 is 11.0 Å². The lowest BCUT2D eigenvalue weighted by Gasteiger charge is -2.19. The topological polar surface area (TPSA) is 38.1 Å². The van der Waals surface area contributed by atoms with Crippen LogP contribution in [0.5, 0.6) is 0 Å².